The number of anilines is 1. The van der Waals surface area contributed by atoms with E-state index in [1.54, 1.807) is 0 Å². The fraction of sp³-hybridized carbons (Fsp3) is 0.167. The van der Waals surface area contributed by atoms with Gasteiger partial charge < -0.3 is 9.47 Å². The van der Waals surface area contributed by atoms with Crippen LogP contribution >= 0.6 is 23.2 Å². The first-order valence-electron chi connectivity index (χ1n) is 9.84. The van der Waals surface area contributed by atoms with Gasteiger partial charge in [-0.2, -0.15) is 0 Å². The average molecular weight is 436 g/mol. The van der Waals surface area contributed by atoms with Crippen LogP contribution in [-0.2, 0) is 11.3 Å². The topological polar surface area (TPSA) is 38.1 Å². The molecule has 4 aromatic rings. The number of fused-ring (bicyclic) bond motifs is 1. The normalized spacial score (nSPS) is 16.5. The lowest BCUT2D eigenvalue weighted by Gasteiger charge is -2.17. The molecule has 6 heteroatoms. The van der Waals surface area contributed by atoms with Crippen molar-refractivity contribution in [3.8, 4) is 0 Å². The van der Waals surface area contributed by atoms with Crippen LogP contribution in [0.25, 0.3) is 11.0 Å². The van der Waals surface area contributed by atoms with Crippen LogP contribution in [0.4, 0.5) is 5.69 Å². The maximum atomic E-state index is 12.8. The molecule has 0 aliphatic carbocycles. The molecule has 4 nitrogen and oxygen atoms in total. The Bertz CT molecular complexity index is 1240. The first-order chi connectivity index (χ1) is 14.6. The van der Waals surface area contributed by atoms with E-state index in [1.807, 2.05) is 71.6 Å². The zero-order valence-electron chi connectivity index (χ0n) is 16.1. The van der Waals surface area contributed by atoms with Crippen molar-refractivity contribution in [3.63, 3.8) is 0 Å². The van der Waals surface area contributed by atoms with E-state index in [2.05, 4.69) is 10.6 Å². The number of carbonyl (C=O) groups is 1. The predicted molar refractivity (Wildman–Crippen MR) is 121 cm³/mol. The summed E-state index contributed by atoms with van der Waals surface area (Å²) in [5.74, 6) is 1.07. The highest BCUT2D eigenvalue weighted by atomic mass is 35.5. The van der Waals surface area contributed by atoms with Gasteiger partial charge in [0, 0.05) is 31.1 Å². The second kappa shape index (κ2) is 7.78. The minimum absolute atomic E-state index is 0.0212. The minimum atomic E-state index is 0.0212. The highest BCUT2D eigenvalue weighted by Crippen LogP contribution is 2.34. The van der Waals surface area contributed by atoms with Crippen LogP contribution in [0.15, 0.2) is 72.8 Å². The third-order valence-corrected chi connectivity index (χ3v) is 6.31. The van der Waals surface area contributed by atoms with Crippen LogP contribution in [0.3, 0.4) is 0 Å². The molecule has 150 valence electrons. The summed E-state index contributed by atoms with van der Waals surface area (Å²) in [7, 11) is 0. The molecule has 0 radical (unpaired) electrons. The molecule has 1 aliphatic rings. The lowest BCUT2D eigenvalue weighted by atomic mass is 10.1. The SMILES string of the molecule is O=C1CC(c2nc3ccccc3n2Cc2ccc(Cl)c(Cl)c2)CN1c1ccccc1. The van der Waals surface area contributed by atoms with E-state index in [4.69, 9.17) is 28.2 Å². The molecule has 1 saturated heterocycles. The zero-order chi connectivity index (χ0) is 20.7. The maximum absolute atomic E-state index is 12.8. The molecule has 0 N–H and O–H groups in total. The summed E-state index contributed by atoms with van der Waals surface area (Å²) in [6.45, 7) is 1.23. The van der Waals surface area contributed by atoms with Gasteiger partial charge in [0.15, 0.2) is 0 Å². The molecule has 5 rings (SSSR count). The second-order valence-electron chi connectivity index (χ2n) is 7.53. The van der Waals surface area contributed by atoms with E-state index in [0.717, 1.165) is 28.1 Å². The van der Waals surface area contributed by atoms with Crippen molar-refractivity contribution >= 4 is 45.8 Å². The summed E-state index contributed by atoms with van der Waals surface area (Å²) in [6.07, 6.45) is 0.444. The van der Waals surface area contributed by atoms with E-state index in [-0.39, 0.29) is 11.8 Å². The van der Waals surface area contributed by atoms with Crippen molar-refractivity contribution in [2.24, 2.45) is 0 Å². The maximum Gasteiger partial charge on any atom is 0.227 e. The van der Waals surface area contributed by atoms with Gasteiger partial charge in [0.25, 0.3) is 0 Å². The molecule has 2 heterocycles. The number of amides is 1. The molecule has 0 saturated carbocycles. The highest BCUT2D eigenvalue weighted by molar-refractivity contribution is 6.42. The number of imidazole rings is 1. The molecule has 1 unspecified atom stereocenters. The van der Waals surface area contributed by atoms with Gasteiger partial charge in [0.05, 0.1) is 21.1 Å². The van der Waals surface area contributed by atoms with Gasteiger partial charge in [0.1, 0.15) is 5.82 Å². The smallest absolute Gasteiger partial charge is 0.227 e. The Balaban J connectivity index is 1.54. The lowest BCUT2D eigenvalue weighted by molar-refractivity contribution is -0.117. The van der Waals surface area contributed by atoms with Gasteiger partial charge in [-0.15, -0.1) is 0 Å². The summed E-state index contributed by atoms with van der Waals surface area (Å²) in [4.78, 5) is 19.6. The van der Waals surface area contributed by atoms with Gasteiger partial charge >= 0.3 is 0 Å². The summed E-state index contributed by atoms with van der Waals surface area (Å²) in [5.41, 5.74) is 3.94. The van der Waals surface area contributed by atoms with Crippen molar-refractivity contribution < 1.29 is 4.79 Å². The van der Waals surface area contributed by atoms with E-state index in [9.17, 15) is 4.79 Å². The standard InChI is InChI=1S/C24H19Cl2N3O/c25-19-11-10-16(12-20(19)26)14-29-22-9-5-4-8-21(22)27-24(29)17-13-23(30)28(15-17)18-6-2-1-3-7-18/h1-12,17H,13-15H2. The van der Waals surface area contributed by atoms with Crippen molar-refractivity contribution in [2.75, 3.05) is 11.4 Å². The molecule has 0 bridgehead atoms. The molecular weight excluding hydrogens is 417 g/mol. The molecule has 1 amide bonds. The number of aromatic nitrogens is 2. The second-order valence-corrected chi connectivity index (χ2v) is 8.35. The van der Waals surface area contributed by atoms with Crippen molar-refractivity contribution in [3.05, 3.63) is 94.2 Å². The van der Waals surface area contributed by atoms with Crippen molar-refractivity contribution in [1.82, 2.24) is 9.55 Å². The minimum Gasteiger partial charge on any atom is -0.323 e. The molecule has 0 spiro atoms. The van der Waals surface area contributed by atoms with Crippen molar-refractivity contribution in [2.45, 2.75) is 18.9 Å². The fourth-order valence-electron chi connectivity index (χ4n) is 4.13. The van der Waals surface area contributed by atoms with Crippen LogP contribution in [0, 0.1) is 0 Å². The molecule has 1 aromatic heterocycles. The number of rotatable bonds is 4. The quantitative estimate of drug-likeness (QED) is 0.399. The molecule has 1 aliphatic heterocycles. The molecule has 3 aromatic carbocycles. The van der Waals surface area contributed by atoms with Crippen molar-refractivity contribution in [1.29, 1.82) is 0 Å². The number of halogens is 2. The fourth-order valence-corrected chi connectivity index (χ4v) is 4.45. The molecule has 30 heavy (non-hydrogen) atoms. The molecule has 1 fully saturated rings. The third kappa shape index (κ3) is 3.47. The Morgan fingerprint density at radius 2 is 1.70 bits per heavy atom. The van der Waals surface area contributed by atoms with Crippen LogP contribution < -0.4 is 4.90 Å². The van der Waals surface area contributed by atoms with Gasteiger partial charge in [-0.05, 0) is 42.0 Å². The number of para-hydroxylation sites is 3. The first-order valence-corrected chi connectivity index (χ1v) is 10.6. The number of benzene rings is 3. The summed E-state index contributed by atoms with van der Waals surface area (Å²) in [6, 6.07) is 23.6. The monoisotopic (exact) mass is 435 g/mol. The van der Waals surface area contributed by atoms with Crippen LogP contribution in [0.2, 0.25) is 10.0 Å². The molecule has 1 atom stereocenters. The van der Waals surface area contributed by atoms with Gasteiger partial charge in [0.2, 0.25) is 5.91 Å². The Morgan fingerprint density at radius 1 is 0.933 bits per heavy atom. The van der Waals surface area contributed by atoms with Crippen LogP contribution in [0.5, 0.6) is 0 Å². The number of carbonyl (C=O) groups excluding carboxylic acids is 1. The summed E-state index contributed by atoms with van der Waals surface area (Å²) < 4.78 is 2.20. The predicted octanol–water partition coefficient (Wildman–Crippen LogP) is 5.91. The Hall–Kier alpha value is -2.82. The Kier molecular flexibility index (Phi) is 4.97. The van der Waals surface area contributed by atoms with Gasteiger partial charge in [-0.3, -0.25) is 4.79 Å². The van der Waals surface area contributed by atoms with E-state index in [0.29, 0.717) is 29.6 Å². The number of hydrogen-bond acceptors (Lipinski definition) is 2. The number of nitrogens with zero attached hydrogens (tertiary/aromatic N) is 3. The van der Waals surface area contributed by atoms with Gasteiger partial charge in [-0.1, -0.05) is 59.6 Å². The van der Waals surface area contributed by atoms with E-state index in [1.165, 1.54) is 0 Å². The Morgan fingerprint density at radius 3 is 2.50 bits per heavy atom. The third-order valence-electron chi connectivity index (χ3n) is 5.57. The Labute approximate surface area is 184 Å². The van der Waals surface area contributed by atoms with Gasteiger partial charge in [-0.25, -0.2) is 4.98 Å². The van der Waals surface area contributed by atoms with Crippen LogP contribution in [0.1, 0.15) is 23.7 Å². The first kappa shape index (κ1) is 19.2. The van der Waals surface area contributed by atoms with Crippen LogP contribution in [-0.4, -0.2) is 22.0 Å². The summed E-state index contributed by atoms with van der Waals surface area (Å²) in [5, 5.41) is 1.07. The largest absolute Gasteiger partial charge is 0.323 e. The molecular formula is C24H19Cl2N3O. The average Bonchev–Trinajstić information content (AvgIpc) is 3.32. The highest BCUT2D eigenvalue weighted by Gasteiger charge is 2.34. The van der Waals surface area contributed by atoms with E-state index < -0.39 is 0 Å². The lowest BCUT2D eigenvalue weighted by Crippen LogP contribution is -2.24. The van der Waals surface area contributed by atoms with E-state index >= 15 is 0 Å². The summed E-state index contributed by atoms with van der Waals surface area (Å²) >= 11 is 12.3. The number of hydrogen-bond donors (Lipinski definition) is 0. The zero-order valence-corrected chi connectivity index (χ0v) is 17.6.